The molecule has 5 rings (SSSR count). The number of anilines is 2. The van der Waals surface area contributed by atoms with Crippen molar-refractivity contribution < 1.29 is 9.57 Å². The topological polar surface area (TPSA) is 97.0 Å². The summed E-state index contributed by atoms with van der Waals surface area (Å²) in [6.45, 7) is 8.22. The van der Waals surface area contributed by atoms with E-state index in [4.69, 9.17) is 20.3 Å². The largest absolute Gasteiger partial charge is 0.496 e. The lowest BCUT2D eigenvalue weighted by Crippen LogP contribution is -2.18. The van der Waals surface area contributed by atoms with E-state index >= 15 is 0 Å². The van der Waals surface area contributed by atoms with Gasteiger partial charge in [-0.2, -0.15) is 0 Å². The Hall–Kier alpha value is -4.00. The molecule has 0 bridgehead atoms. The zero-order valence-corrected chi connectivity index (χ0v) is 19.0. The first-order valence-corrected chi connectivity index (χ1v) is 10.9. The maximum absolute atomic E-state index is 6.57. The predicted octanol–water partition coefficient (Wildman–Crippen LogP) is 5.06. The monoisotopic (exact) mass is 441 g/mol. The number of nitrogen functional groups attached to an aromatic ring is 1. The SMILES string of the molecule is C=C/C=C\c1cccc(C2=NCNc3[nH]c4cc(C5C(C)=NOC5C)c(OC)cc4c32)c1N. The second-order valence-corrected chi connectivity index (χ2v) is 8.28. The summed E-state index contributed by atoms with van der Waals surface area (Å²) in [5.41, 5.74) is 13.9. The third kappa shape index (κ3) is 3.36. The van der Waals surface area contributed by atoms with E-state index in [1.807, 2.05) is 44.2 Å². The molecule has 2 unspecified atom stereocenters. The zero-order valence-electron chi connectivity index (χ0n) is 19.0. The van der Waals surface area contributed by atoms with Gasteiger partial charge in [0.1, 0.15) is 24.3 Å². The van der Waals surface area contributed by atoms with E-state index in [1.54, 1.807) is 13.2 Å². The van der Waals surface area contributed by atoms with Crippen LogP contribution in [0.1, 0.15) is 42.0 Å². The number of oxime groups is 1. The van der Waals surface area contributed by atoms with Crippen LogP contribution in [-0.2, 0) is 4.84 Å². The number of hydrogen-bond acceptors (Lipinski definition) is 6. The molecule has 2 aliphatic rings. The number of nitrogens with zero attached hydrogens (tertiary/aromatic N) is 2. The molecule has 3 aromatic rings. The number of aliphatic imine (C=N–C) groups is 1. The average molecular weight is 442 g/mol. The van der Waals surface area contributed by atoms with Gasteiger partial charge in [0.2, 0.25) is 0 Å². The number of benzene rings is 2. The molecule has 33 heavy (non-hydrogen) atoms. The first-order chi connectivity index (χ1) is 16.0. The van der Waals surface area contributed by atoms with E-state index in [1.165, 1.54) is 0 Å². The van der Waals surface area contributed by atoms with E-state index in [0.29, 0.717) is 12.4 Å². The predicted molar refractivity (Wildman–Crippen MR) is 135 cm³/mol. The molecule has 0 radical (unpaired) electrons. The van der Waals surface area contributed by atoms with Crippen molar-refractivity contribution in [1.82, 2.24) is 4.98 Å². The normalized spacial score (nSPS) is 19.6. The van der Waals surface area contributed by atoms with Gasteiger partial charge in [-0.05, 0) is 31.5 Å². The number of aromatic amines is 1. The van der Waals surface area contributed by atoms with Crippen molar-refractivity contribution >= 4 is 39.9 Å². The molecule has 7 nitrogen and oxygen atoms in total. The number of allylic oxidation sites excluding steroid dienone is 2. The zero-order chi connectivity index (χ0) is 23.1. The number of fused-ring (bicyclic) bond motifs is 3. The van der Waals surface area contributed by atoms with Gasteiger partial charge >= 0.3 is 0 Å². The van der Waals surface area contributed by atoms with Crippen LogP contribution in [0.25, 0.3) is 17.0 Å². The molecule has 0 aliphatic carbocycles. The fraction of sp³-hybridized carbons (Fsp3) is 0.231. The van der Waals surface area contributed by atoms with Gasteiger partial charge in [-0.15, -0.1) is 0 Å². The molecular weight excluding hydrogens is 414 g/mol. The van der Waals surface area contributed by atoms with Gasteiger partial charge < -0.3 is 25.6 Å². The molecule has 0 amide bonds. The Kier molecular flexibility index (Phi) is 5.17. The summed E-state index contributed by atoms with van der Waals surface area (Å²) in [5, 5.41) is 8.56. The summed E-state index contributed by atoms with van der Waals surface area (Å²) in [7, 11) is 1.69. The molecule has 0 saturated carbocycles. The highest BCUT2D eigenvalue weighted by atomic mass is 16.6. The standard InChI is InChI=1S/C26H27N5O2/c1-5-6-8-16-9-7-10-17(24(16)27)25-23-18-12-21(32-4)19(22-14(2)31-33-15(22)3)11-20(18)30-26(23)29-13-28-25/h5-12,15,22,29-30H,1,13,27H2,2-4H3/b8-6-. The minimum atomic E-state index is -0.0534. The molecule has 2 atom stereocenters. The van der Waals surface area contributed by atoms with Crippen LogP contribution in [0.2, 0.25) is 0 Å². The number of rotatable bonds is 5. The molecule has 0 saturated heterocycles. The number of nitrogens with one attached hydrogen (secondary N) is 2. The summed E-state index contributed by atoms with van der Waals surface area (Å²) in [6, 6.07) is 10.2. The van der Waals surface area contributed by atoms with E-state index in [0.717, 1.165) is 56.1 Å². The summed E-state index contributed by atoms with van der Waals surface area (Å²) in [4.78, 5) is 13.9. The number of H-pyrrole nitrogens is 1. The molecule has 0 fully saturated rings. The Morgan fingerprint density at radius 1 is 1.30 bits per heavy atom. The number of ether oxygens (including phenoxy) is 1. The number of aromatic nitrogens is 1. The fourth-order valence-corrected chi connectivity index (χ4v) is 4.74. The van der Waals surface area contributed by atoms with Gasteiger partial charge in [0.15, 0.2) is 0 Å². The molecule has 168 valence electrons. The Balaban J connectivity index is 1.68. The second kappa shape index (κ2) is 8.16. The van der Waals surface area contributed by atoms with Crippen molar-refractivity contribution in [2.24, 2.45) is 10.1 Å². The van der Waals surface area contributed by atoms with E-state index < -0.39 is 0 Å². The van der Waals surface area contributed by atoms with Crippen LogP contribution >= 0.6 is 0 Å². The molecule has 1 aromatic heterocycles. The van der Waals surface area contributed by atoms with E-state index in [9.17, 15) is 0 Å². The summed E-state index contributed by atoms with van der Waals surface area (Å²) in [6.07, 6.45) is 5.51. The highest BCUT2D eigenvalue weighted by molar-refractivity contribution is 6.25. The molecule has 4 N–H and O–H groups in total. The smallest absolute Gasteiger partial charge is 0.137 e. The molecule has 3 heterocycles. The fourth-order valence-electron chi connectivity index (χ4n) is 4.74. The highest BCUT2D eigenvalue weighted by Crippen LogP contribution is 2.41. The second-order valence-electron chi connectivity index (χ2n) is 8.28. The quantitative estimate of drug-likeness (QED) is 0.381. The van der Waals surface area contributed by atoms with Crippen LogP contribution in [0.3, 0.4) is 0 Å². The Labute approximate surface area is 192 Å². The number of hydrogen-bond donors (Lipinski definition) is 3. The van der Waals surface area contributed by atoms with Crippen molar-refractivity contribution in [3.8, 4) is 5.75 Å². The lowest BCUT2D eigenvalue weighted by molar-refractivity contribution is 0.0900. The van der Waals surface area contributed by atoms with Gasteiger partial charge in [0.05, 0.1) is 30.0 Å². The van der Waals surface area contributed by atoms with Crippen molar-refractivity contribution in [2.75, 3.05) is 24.8 Å². The number of methoxy groups -OCH3 is 1. The Morgan fingerprint density at radius 2 is 2.15 bits per heavy atom. The van der Waals surface area contributed by atoms with Crippen LogP contribution in [0.5, 0.6) is 5.75 Å². The lowest BCUT2D eigenvalue weighted by atomic mass is 9.88. The Morgan fingerprint density at radius 3 is 2.88 bits per heavy atom. The minimum absolute atomic E-state index is 0.0368. The summed E-state index contributed by atoms with van der Waals surface area (Å²) in [5.74, 6) is 1.75. The third-order valence-corrected chi connectivity index (χ3v) is 6.30. The van der Waals surface area contributed by atoms with Crippen molar-refractivity contribution in [1.29, 1.82) is 0 Å². The highest BCUT2D eigenvalue weighted by Gasteiger charge is 2.33. The van der Waals surface area contributed by atoms with Crippen molar-refractivity contribution in [3.05, 3.63) is 71.3 Å². The maximum Gasteiger partial charge on any atom is 0.137 e. The van der Waals surface area contributed by atoms with Crippen LogP contribution in [-0.4, -0.2) is 36.3 Å². The number of nitrogens with two attached hydrogens (primary N) is 1. The summed E-state index contributed by atoms with van der Waals surface area (Å²) >= 11 is 0. The van der Waals surface area contributed by atoms with Crippen molar-refractivity contribution in [2.45, 2.75) is 25.9 Å². The van der Waals surface area contributed by atoms with Crippen LogP contribution < -0.4 is 15.8 Å². The minimum Gasteiger partial charge on any atom is -0.496 e. The van der Waals surface area contributed by atoms with Gasteiger partial charge in [-0.1, -0.05) is 48.2 Å². The van der Waals surface area contributed by atoms with Crippen LogP contribution in [0.15, 0.2) is 59.2 Å². The average Bonchev–Trinajstić information content (AvgIpc) is 3.35. The molecule has 2 aromatic carbocycles. The van der Waals surface area contributed by atoms with Gasteiger partial charge in [0.25, 0.3) is 0 Å². The Bertz CT molecular complexity index is 1350. The maximum atomic E-state index is 6.57. The van der Waals surface area contributed by atoms with E-state index in [2.05, 4.69) is 34.2 Å². The molecule has 0 spiro atoms. The number of para-hydroxylation sites is 1. The van der Waals surface area contributed by atoms with Crippen molar-refractivity contribution in [3.63, 3.8) is 0 Å². The van der Waals surface area contributed by atoms with Crippen LogP contribution in [0, 0.1) is 0 Å². The van der Waals surface area contributed by atoms with E-state index in [-0.39, 0.29) is 12.0 Å². The summed E-state index contributed by atoms with van der Waals surface area (Å²) < 4.78 is 5.82. The molecule has 7 heteroatoms. The first kappa shape index (κ1) is 20.9. The van der Waals surface area contributed by atoms with Gasteiger partial charge in [-0.25, -0.2) is 0 Å². The van der Waals surface area contributed by atoms with Crippen LogP contribution in [0.4, 0.5) is 11.5 Å². The van der Waals surface area contributed by atoms with Gasteiger partial charge in [0, 0.05) is 27.7 Å². The molecule has 2 aliphatic heterocycles. The third-order valence-electron chi connectivity index (χ3n) is 6.30. The van der Waals surface area contributed by atoms with Gasteiger partial charge in [-0.3, -0.25) is 4.99 Å². The first-order valence-electron chi connectivity index (χ1n) is 10.9. The molecular formula is C26H27N5O2. The lowest BCUT2D eigenvalue weighted by Gasteiger charge is -2.19.